The standard InChI is InChI=1S/C21H23N5O/c1-14-23-19-16(20(22)27)9-5-10-17(19)21(24-14)25-18(13-26-11-6-12-26)15-7-3-2-4-8-15/h2-5,7-10,18H,6,11-13H2,1H3,(H2,22,27)(H,23,24,25)/t18-/m1/s1. The van der Waals surface area contributed by atoms with Crippen LogP contribution in [0.4, 0.5) is 5.82 Å². The van der Waals surface area contributed by atoms with E-state index in [1.54, 1.807) is 6.07 Å². The molecule has 6 heteroatoms. The van der Waals surface area contributed by atoms with Crippen LogP contribution >= 0.6 is 0 Å². The number of nitrogens with zero attached hydrogens (tertiary/aromatic N) is 3. The predicted octanol–water partition coefficient (Wildman–Crippen LogP) is 2.90. The minimum atomic E-state index is -0.482. The number of carbonyl (C=O) groups is 1. The molecule has 1 aliphatic rings. The Bertz CT molecular complexity index is 969. The maximum Gasteiger partial charge on any atom is 0.250 e. The van der Waals surface area contributed by atoms with Gasteiger partial charge in [0.1, 0.15) is 11.6 Å². The lowest BCUT2D eigenvalue weighted by molar-refractivity contribution is 0.100. The van der Waals surface area contributed by atoms with E-state index in [1.807, 2.05) is 25.1 Å². The second kappa shape index (κ2) is 7.32. The molecule has 3 N–H and O–H groups in total. The van der Waals surface area contributed by atoms with E-state index in [0.717, 1.165) is 30.8 Å². The number of aryl methyl sites for hydroxylation is 1. The van der Waals surface area contributed by atoms with E-state index in [9.17, 15) is 4.79 Å². The van der Waals surface area contributed by atoms with Gasteiger partial charge < -0.3 is 16.0 Å². The number of rotatable bonds is 6. The summed E-state index contributed by atoms with van der Waals surface area (Å²) in [6.07, 6.45) is 1.25. The van der Waals surface area contributed by atoms with E-state index in [4.69, 9.17) is 5.73 Å². The number of hydrogen-bond donors (Lipinski definition) is 2. The highest BCUT2D eigenvalue weighted by Gasteiger charge is 2.22. The number of hydrogen-bond acceptors (Lipinski definition) is 5. The van der Waals surface area contributed by atoms with Crippen LogP contribution in [-0.4, -0.2) is 40.4 Å². The molecule has 4 rings (SSSR count). The Kier molecular flexibility index (Phi) is 4.73. The van der Waals surface area contributed by atoms with Crippen molar-refractivity contribution in [2.75, 3.05) is 25.0 Å². The Hall–Kier alpha value is -2.99. The molecule has 1 aliphatic heterocycles. The Labute approximate surface area is 158 Å². The van der Waals surface area contributed by atoms with Gasteiger partial charge in [-0.2, -0.15) is 0 Å². The lowest BCUT2D eigenvalue weighted by Crippen LogP contribution is -2.41. The summed E-state index contributed by atoms with van der Waals surface area (Å²) in [7, 11) is 0. The van der Waals surface area contributed by atoms with E-state index in [-0.39, 0.29) is 6.04 Å². The topological polar surface area (TPSA) is 84.1 Å². The molecular weight excluding hydrogens is 338 g/mol. The zero-order valence-electron chi connectivity index (χ0n) is 15.4. The normalized spacial score (nSPS) is 15.3. The minimum absolute atomic E-state index is 0.0984. The van der Waals surface area contributed by atoms with Gasteiger partial charge in [-0.3, -0.25) is 4.79 Å². The predicted molar refractivity (Wildman–Crippen MR) is 107 cm³/mol. The van der Waals surface area contributed by atoms with Crippen LogP contribution in [0.25, 0.3) is 10.9 Å². The van der Waals surface area contributed by atoms with Crippen LogP contribution in [-0.2, 0) is 0 Å². The SMILES string of the molecule is Cc1nc(N[C@H](CN2CCC2)c2ccccc2)c2cccc(C(N)=O)c2n1. The average Bonchev–Trinajstić information content (AvgIpc) is 2.63. The summed E-state index contributed by atoms with van der Waals surface area (Å²) < 4.78 is 0. The number of primary amides is 1. The summed E-state index contributed by atoms with van der Waals surface area (Å²) in [4.78, 5) is 23.3. The van der Waals surface area contributed by atoms with Crippen molar-refractivity contribution in [3.05, 3.63) is 65.5 Å². The highest BCUT2D eigenvalue weighted by atomic mass is 16.1. The van der Waals surface area contributed by atoms with Gasteiger partial charge in [0, 0.05) is 11.9 Å². The molecule has 138 valence electrons. The number of amides is 1. The van der Waals surface area contributed by atoms with E-state index in [0.29, 0.717) is 16.9 Å². The smallest absolute Gasteiger partial charge is 0.250 e. The van der Waals surface area contributed by atoms with Crippen LogP contribution in [0, 0.1) is 6.92 Å². The number of fused-ring (bicyclic) bond motifs is 1. The summed E-state index contributed by atoms with van der Waals surface area (Å²) in [6.45, 7) is 4.99. The quantitative estimate of drug-likeness (QED) is 0.705. The highest BCUT2D eigenvalue weighted by molar-refractivity contribution is 6.07. The van der Waals surface area contributed by atoms with Crippen molar-refractivity contribution in [3.8, 4) is 0 Å². The number of nitrogens with two attached hydrogens (primary N) is 1. The Morgan fingerprint density at radius 3 is 2.59 bits per heavy atom. The number of carbonyl (C=O) groups excluding carboxylic acids is 1. The second-order valence-electron chi connectivity index (χ2n) is 6.95. The first-order chi connectivity index (χ1) is 13.1. The number of para-hydroxylation sites is 1. The molecule has 0 aliphatic carbocycles. The first-order valence-corrected chi connectivity index (χ1v) is 9.23. The summed E-state index contributed by atoms with van der Waals surface area (Å²) in [6, 6.07) is 15.9. The fraction of sp³-hybridized carbons (Fsp3) is 0.286. The van der Waals surface area contributed by atoms with E-state index < -0.39 is 5.91 Å². The van der Waals surface area contributed by atoms with E-state index in [2.05, 4.69) is 44.5 Å². The van der Waals surface area contributed by atoms with E-state index >= 15 is 0 Å². The molecule has 27 heavy (non-hydrogen) atoms. The van der Waals surface area contributed by atoms with Gasteiger partial charge in [0.25, 0.3) is 5.91 Å². The first kappa shape index (κ1) is 17.4. The molecule has 0 bridgehead atoms. The Balaban J connectivity index is 1.75. The minimum Gasteiger partial charge on any atom is -0.366 e. The van der Waals surface area contributed by atoms with E-state index in [1.165, 1.54) is 12.0 Å². The monoisotopic (exact) mass is 361 g/mol. The number of benzene rings is 2. The van der Waals surface area contributed by atoms with Gasteiger partial charge >= 0.3 is 0 Å². The van der Waals surface area contributed by atoms with Gasteiger partial charge in [0.05, 0.1) is 17.1 Å². The third kappa shape index (κ3) is 3.61. The number of aromatic nitrogens is 2. The molecule has 1 saturated heterocycles. The van der Waals surface area contributed by atoms with Crippen molar-refractivity contribution in [1.29, 1.82) is 0 Å². The molecule has 3 aromatic rings. The van der Waals surface area contributed by atoms with Gasteiger partial charge in [0.2, 0.25) is 0 Å². The van der Waals surface area contributed by atoms with Crippen molar-refractivity contribution in [2.24, 2.45) is 5.73 Å². The highest BCUT2D eigenvalue weighted by Crippen LogP contribution is 2.28. The van der Waals surface area contributed by atoms with Crippen LogP contribution in [0.3, 0.4) is 0 Å². The third-order valence-electron chi connectivity index (χ3n) is 5.01. The summed E-state index contributed by atoms with van der Waals surface area (Å²) in [5.41, 5.74) is 7.76. The number of anilines is 1. The Morgan fingerprint density at radius 1 is 1.15 bits per heavy atom. The molecule has 1 aromatic heterocycles. The molecule has 2 heterocycles. The zero-order chi connectivity index (χ0) is 18.8. The van der Waals surface area contributed by atoms with Crippen LogP contribution in [0.5, 0.6) is 0 Å². The zero-order valence-corrected chi connectivity index (χ0v) is 15.4. The van der Waals surface area contributed by atoms with Gasteiger partial charge in [-0.25, -0.2) is 9.97 Å². The molecule has 2 aromatic carbocycles. The maximum absolute atomic E-state index is 11.8. The molecule has 0 unspecified atom stereocenters. The fourth-order valence-electron chi connectivity index (χ4n) is 3.48. The first-order valence-electron chi connectivity index (χ1n) is 9.23. The van der Waals surface area contributed by atoms with Crippen LogP contribution in [0.15, 0.2) is 48.5 Å². The van der Waals surface area contributed by atoms with Crippen molar-refractivity contribution < 1.29 is 4.79 Å². The summed E-state index contributed by atoms with van der Waals surface area (Å²) in [5, 5.41) is 4.41. The maximum atomic E-state index is 11.8. The van der Waals surface area contributed by atoms with Crippen molar-refractivity contribution in [1.82, 2.24) is 14.9 Å². The molecule has 6 nitrogen and oxygen atoms in total. The van der Waals surface area contributed by atoms with Crippen molar-refractivity contribution in [2.45, 2.75) is 19.4 Å². The van der Waals surface area contributed by atoms with Crippen molar-refractivity contribution in [3.63, 3.8) is 0 Å². The van der Waals surface area contributed by atoms with Crippen LogP contribution in [0.1, 0.15) is 34.2 Å². The van der Waals surface area contributed by atoms with Gasteiger partial charge in [-0.1, -0.05) is 36.4 Å². The Morgan fingerprint density at radius 2 is 1.93 bits per heavy atom. The average molecular weight is 361 g/mol. The second-order valence-corrected chi connectivity index (χ2v) is 6.95. The molecular formula is C21H23N5O. The van der Waals surface area contributed by atoms with Crippen LogP contribution in [0.2, 0.25) is 0 Å². The lowest BCUT2D eigenvalue weighted by atomic mass is 10.0. The number of nitrogens with one attached hydrogen (secondary N) is 1. The molecule has 1 fully saturated rings. The van der Waals surface area contributed by atoms with Gasteiger partial charge in [-0.15, -0.1) is 0 Å². The molecule has 0 radical (unpaired) electrons. The fourth-order valence-corrected chi connectivity index (χ4v) is 3.48. The molecule has 0 spiro atoms. The van der Waals surface area contributed by atoms with Crippen molar-refractivity contribution >= 4 is 22.6 Å². The van der Waals surface area contributed by atoms with Gasteiger partial charge in [0.15, 0.2) is 0 Å². The summed E-state index contributed by atoms with van der Waals surface area (Å²) in [5.74, 6) is 0.856. The molecule has 0 saturated carbocycles. The third-order valence-corrected chi connectivity index (χ3v) is 5.01. The van der Waals surface area contributed by atoms with Gasteiger partial charge in [-0.05, 0) is 44.1 Å². The number of likely N-dealkylation sites (tertiary alicyclic amines) is 1. The van der Waals surface area contributed by atoms with Crippen LogP contribution < -0.4 is 11.1 Å². The molecule has 1 amide bonds. The molecule has 1 atom stereocenters. The lowest BCUT2D eigenvalue weighted by Gasteiger charge is -2.35. The largest absolute Gasteiger partial charge is 0.366 e. The summed E-state index contributed by atoms with van der Waals surface area (Å²) >= 11 is 0.